The van der Waals surface area contributed by atoms with E-state index in [-0.39, 0.29) is 0 Å². The van der Waals surface area contributed by atoms with Crippen molar-refractivity contribution in [2.45, 2.75) is 0 Å². The van der Waals surface area contributed by atoms with Crippen LogP contribution in [0.4, 0.5) is 17.1 Å². The summed E-state index contributed by atoms with van der Waals surface area (Å²) in [4.78, 5) is 7.00. The Balaban J connectivity index is 1.14. The van der Waals surface area contributed by atoms with Gasteiger partial charge in [0.1, 0.15) is 33.4 Å². The van der Waals surface area contributed by atoms with Crippen LogP contribution in [0.15, 0.2) is 163 Å². The smallest absolute Gasteiger partial charge is 0.227 e. The van der Waals surface area contributed by atoms with Crippen LogP contribution in [-0.2, 0) is 0 Å². The van der Waals surface area contributed by atoms with Crippen LogP contribution in [0.2, 0.25) is 0 Å². The number of rotatable bonds is 4. The maximum atomic E-state index is 6.73. The Hall–Kier alpha value is -6.79. The minimum atomic E-state index is 0.585. The number of anilines is 3. The van der Waals surface area contributed by atoms with Gasteiger partial charge in [0.05, 0.1) is 17.1 Å². The van der Waals surface area contributed by atoms with Gasteiger partial charge in [0.25, 0.3) is 0 Å². The van der Waals surface area contributed by atoms with Gasteiger partial charge < -0.3 is 22.6 Å². The maximum absolute atomic E-state index is 6.73. The zero-order chi connectivity index (χ0) is 32.1. The molecule has 0 unspecified atom stereocenters. The van der Waals surface area contributed by atoms with Crippen molar-refractivity contribution in [2.75, 3.05) is 4.90 Å². The SMILES string of the molecule is c1ccc(-c2nc3cc4oc5c(N(c6ccc7c(c6)oc6ccccc67)c6ccc7c(c6)oc6ccccc67)cccc5c4cc3o2)cc1. The van der Waals surface area contributed by atoms with Gasteiger partial charge in [-0.2, -0.15) is 0 Å². The maximum Gasteiger partial charge on any atom is 0.227 e. The van der Waals surface area contributed by atoms with Gasteiger partial charge in [0.15, 0.2) is 11.2 Å². The lowest BCUT2D eigenvalue weighted by Crippen LogP contribution is -2.10. The molecule has 0 radical (unpaired) electrons. The quantitative estimate of drug-likeness (QED) is 0.192. The van der Waals surface area contributed by atoms with E-state index in [2.05, 4.69) is 71.6 Å². The lowest BCUT2D eigenvalue weighted by Gasteiger charge is -2.25. The predicted octanol–water partition coefficient (Wildman–Crippen LogP) is 12.7. The summed E-state index contributed by atoms with van der Waals surface area (Å²) in [7, 11) is 0. The molecule has 0 spiro atoms. The molecule has 0 amide bonds. The van der Waals surface area contributed by atoms with Gasteiger partial charge in [-0.1, -0.05) is 66.7 Å². The zero-order valence-corrected chi connectivity index (χ0v) is 25.9. The Morgan fingerprint density at radius 2 is 0.980 bits per heavy atom. The predicted molar refractivity (Wildman–Crippen MR) is 196 cm³/mol. The average molecular weight is 633 g/mol. The lowest BCUT2D eigenvalue weighted by atomic mass is 10.1. The molecule has 49 heavy (non-hydrogen) atoms. The molecule has 0 aliphatic carbocycles. The first-order valence-corrected chi connectivity index (χ1v) is 16.2. The van der Waals surface area contributed by atoms with E-state index in [1.54, 1.807) is 0 Å². The van der Waals surface area contributed by atoms with Crippen molar-refractivity contribution in [1.29, 1.82) is 0 Å². The standard InChI is InChI=1S/C43H24N2O4/c1-2-9-25(10-3-1)43-44-34-24-40-33(23-41(34)49-43)32-13-8-14-35(42(32)48-40)45(26-17-19-30-28-11-4-6-15-36(28)46-38(30)21-26)27-18-20-31-29-12-5-7-16-37(29)47-39(31)22-27/h1-24H. The van der Waals surface area contributed by atoms with Gasteiger partial charge >= 0.3 is 0 Å². The molecule has 0 fully saturated rings. The molecule has 0 atom stereocenters. The summed E-state index contributed by atoms with van der Waals surface area (Å²) >= 11 is 0. The molecule has 0 saturated carbocycles. The first-order chi connectivity index (χ1) is 24.2. The molecule has 6 heteroatoms. The van der Waals surface area contributed by atoms with Crippen molar-refractivity contribution in [1.82, 2.24) is 4.98 Å². The number of aromatic nitrogens is 1. The molecule has 0 saturated heterocycles. The third-order valence-corrected chi connectivity index (χ3v) is 9.49. The minimum Gasteiger partial charge on any atom is -0.456 e. The summed E-state index contributed by atoms with van der Waals surface area (Å²) < 4.78 is 25.7. The van der Waals surface area contributed by atoms with Crippen LogP contribution in [0.1, 0.15) is 0 Å². The van der Waals surface area contributed by atoms with Crippen molar-refractivity contribution in [3.63, 3.8) is 0 Å². The van der Waals surface area contributed by atoms with Crippen LogP contribution in [0.3, 0.4) is 0 Å². The fourth-order valence-electron chi connectivity index (χ4n) is 7.22. The van der Waals surface area contributed by atoms with E-state index >= 15 is 0 Å². The van der Waals surface area contributed by atoms with Gasteiger partial charge in [-0.25, -0.2) is 4.98 Å². The number of nitrogens with zero attached hydrogens (tertiary/aromatic N) is 2. The molecule has 11 aromatic rings. The van der Waals surface area contributed by atoms with Crippen LogP contribution in [0.5, 0.6) is 0 Å². The molecule has 0 bridgehead atoms. The van der Waals surface area contributed by atoms with Crippen LogP contribution >= 0.6 is 0 Å². The topological polar surface area (TPSA) is 68.7 Å². The first-order valence-electron chi connectivity index (χ1n) is 16.2. The summed E-state index contributed by atoms with van der Waals surface area (Å²) in [5, 5.41) is 6.25. The number of hydrogen-bond donors (Lipinski definition) is 0. The molecule has 0 aliphatic rings. The summed E-state index contributed by atoms with van der Waals surface area (Å²) in [6.45, 7) is 0. The first kappa shape index (κ1) is 26.3. The highest BCUT2D eigenvalue weighted by Crippen LogP contribution is 2.45. The van der Waals surface area contributed by atoms with Crippen LogP contribution in [0.25, 0.3) is 88.4 Å². The normalized spacial score (nSPS) is 12.1. The summed E-state index contributed by atoms with van der Waals surface area (Å²) in [6.07, 6.45) is 0. The molecule has 4 heterocycles. The summed E-state index contributed by atoms with van der Waals surface area (Å²) in [6, 6.07) is 49.2. The largest absolute Gasteiger partial charge is 0.456 e. The fraction of sp³-hybridized carbons (Fsp3) is 0. The highest BCUT2D eigenvalue weighted by Gasteiger charge is 2.22. The second kappa shape index (κ2) is 9.86. The van der Waals surface area contributed by atoms with Crippen molar-refractivity contribution in [2.24, 2.45) is 0 Å². The zero-order valence-electron chi connectivity index (χ0n) is 25.9. The number of benzene rings is 7. The number of fused-ring (bicyclic) bond motifs is 10. The molecular formula is C43H24N2O4. The Kier molecular flexibility index (Phi) is 5.29. The monoisotopic (exact) mass is 632 g/mol. The van der Waals surface area contributed by atoms with Gasteiger partial charge in [0, 0.05) is 56.1 Å². The van der Waals surface area contributed by atoms with Crippen molar-refractivity contribution in [3.8, 4) is 11.5 Å². The van der Waals surface area contributed by atoms with Crippen LogP contribution < -0.4 is 4.90 Å². The lowest BCUT2D eigenvalue weighted by molar-refractivity contribution is 0.620. The van der Waals surface area contributed by atoms with Crippen molar-refractivity contribution < 1.29 is 17.7 Å². The molecule has 7 aromatic carbocycles. The van der Waals surface area contributed by atoms with Crippen LogP contribution in [-0.4, -0.2) is 4.98 Å². The third kappa shape index (κ3) is 3.92. The molecule has 0 N–H and O–H groups in total. The fourth-order valence-corrected chi connectivity index (χ4v) is 7.22. The van der Waals surface area contributed by atoms with E-state index < -0.39 is 0 Å². The second-order valence-electron chi connectivity index (χ2n) is 12.3. The van der Waals surface area contributed by atoms with E-state index in [9.17, 15) is 0 Å². The van der Waals surface area contributed by atoms with E-state index in [1.807, 2.05) is 78.9 Å². The highest BCUT2D eigenvalue weighted by atomic mass is 16.4. The molecule has 6 nitrogen and oxygen atoms in total. The Morgan fingerprint density at radius 1 is 0.388 bits per heavy atom. The van der Waals surface area contributed by atoms with Crippen molar-refractivity contribution in [3.05, 3.63) is 146 Å². The summed E-state index contributed by atoms with van der Waals surface area (Å²) in [5.74, 6) is 0.585. The molecule has 230 valence electrons. The number of hydrogen-bond acceptors (Lipinski definition) is 6. The Labute approximate surface area is 278 Å². The second-order valence-corrected chi connectivity index (χ2v) is 12.3. The molecular weight excluding hydrogens is 608 g/mol. The van der Waals surface area contributed by atoms with E-state index in [0.29, 0.717) is 11.5 Å². The van der Waals surface area contributed by atoms with Gasteiger partial charge in [0.2, 0.25) is 5.89 Å². The van der Waals surface area contributed by atoms with Crippen LogP contribution in [0, 0.1) is 0 Å². The number of para-hydroxylation sites is 3. The van der Waals surface area contributed by atoms with E-state index in [1.165, 1.54) is 0 Å². The third-order valence-electron chi connectivity index (χ3n) is 9.49. The van der Waals surface area contributed by atoms with Gasteiger partial charge in [-0.3, -0.25) is 0 Å². The number of furan rings is 3. The molecule has 11 rings (SSSR count). The minimum absolute atomic E-state index is 0.585. The van der Waals surface area contributed by atoms with Gasteiger partial charge in [-0.05, 0) is 60.7 Å². The average Bonchev–Trinajstić information content (AvgIpc) is 3.92. The number of oxazole rings is 1. The summed E-state index contributed by atoms with van der Waals surface area (Å²) in [5.41, 5.74) is 9.96. The highest BCUT2D eigenvalue weighted by molar-refractivity contribution is 6.14. The van der Waals surface area contributed by atoms with E-state index in [4.69, 9.17) is 22.7 Å². The van der Waals surface area contributed by atoms with Gasteiger partial charge in [-0.15, -0.1) is 0 Å². The Morgan fingerprint density at radius 3 is 1.67 bits per heavy atom. The molecule has 0 aliphatic heterocycles. The molecule has 4 aromatic heterocycles. The van der Waals surface area contributed by atoms with E-state index in [0.717, 1.165) is 94.0 Å². The van der Waals surface area contributed by atoms with Crippen molar-refractivity contribution >= 4 is 94.0 Å². The Bertz CT molecular complexity index is 2960.